The molecule has 6 aromatic rings. The summed E-state index contributed by atoms with van der Waals surface area (Å²) in [6, 6.07) is 25.1. The Bertz CT molecular complexity index is 1540. The summed E-state index contributed by atoms with van der Waals surface area (Å²) < 4.78 is 1.88. The molecule has 5 nitrogen and oxygen atoms in total. The third-order valence-electron chi connectivity index (χ3n) is 5.36. The summed E-state index contributed by atoms with van der Waals surface area (Å²) in [5.41, 5.74) is 4.27. The minimum atomic E-state index is 0.682. The Hall–Kier alpha value is -3.64. The van der Waals surface area contributed by atoms with E-state index in [1.54, 1.807) is 11.3 Å². The van der Waals surface area contributed by atoms with Gasteiger partial charge in [-0.3, -0.25) is 4.98 Å². The van der Waals surface area contributed by atoms with E-state index < -0.39 is 0 Å². The van der Waals surface area contributed by atoms with Gasteiger partial charge in [-0.15, -0.1) is 10.2 Å². The molecule has 0 aliphatic carbocycles. The molecule has 0 amide bonds. The molecule has 3 aromatic heterocycles. The zero-order valence-corrected chi connectivity index (χ0v) is 17.1. The molecule has 144 valence electrons. The van der Waals surface area contributed by atoms with Crippen molar-refractivity contribution in [1.29, 1.82) is 0 Å². The summed E-state index contributed by atoms with van der Waals surface area (Å²) >= 11 is 1.56. The van der Waals surface area contributed by atoms with Crippen LogP contribution in [0.1, 0.15) is 17.1 Å². The number of pyridine rings is 1. The average molecular weight is 408 g/mol. The first-order valence-corrected chi connectivity index (χ1v) is 10.6. The van der Waals surface area contributed by atoms with Crippen molar-refractivity contribution >= 4 is 38.0 Å². The molecule has 6 rings (SSSR count). The number of rotatable bonds is 3. The minimum Gasteiger partial charge on any atom is -0.253 e. The van der Waals surface area contributed by atoms with Crippen LogP contribution in [0.3, 0.4) is 0 Å². The maximum atomic E-state index is 4.89. The first-order chi connectivity index (χ1) is 14.8. The first-order valence-electron chi connectivity index (χ1n) is 9.81. The Morgan fingerprint density at radius 2 is 1.67 bits per heavy atom. The van der Waals surface area contributed by atoms with E-state index in [1.165, 1.54) is 16.3 Å². The van der Waals surface area contributed by atoms with Crippen LogP contribution in [-0.4, -0.2) is 24.8 Å². The van der Waals surface area contributed by atoms with Crippen molar-refractivity contribution in [3.05, 3.63) is 89.9 Å². The molecule has 0 aliphatic heterocycles. The molecular weight excluding hydrogens is 390 g/mol. The van der Waals surface area contributed by atoms with Crippen LogP contribution >= 0.6 is 11.3 Å². The summed E-state index contributed by atoms with van der Waals surface area (Å²) in [6.07, 6.45) is 0.682. The van der Waals surface area contributed by atoms with Gasteiger partial charge < -0.3 is 0 Å². The molecule has 0 saturated carbocycles. The van der Waals surface area contributed by atoms with Crippen LogP contribution in [0.15, 0.2) is 72.8 Å². The van der Waals surface area contributed by atoms with Crippen LogP contribution in [0.5, 0.6) is 0 Å². The van der Waals surface area contributed by atoms with E-state index in [1.807, 2.05) is 29.6 Å². The van der Waals surface area contributed by atoms with Crippen LogP contribution in [-0.2, 0) is 6.42 Å². The van der Waals surface area contributed by atoms with Gasteiger partial charge in [-0.2, -0.15) is 9.61 Å². The van der Waals surface area contributed by atoms with Gasteiger partial charge in [0.15, 0.2) is 5.82 Å². The van der Waals surface area contributed by atoms with Gasteiger partial charge in [0, 0.05) is 23.1 Å². The van der Waals surface area contributed by atoms with Gasteiger partial charge in [0.2, 0.25) is 4.96 Å². The van der Waals surface area contributed by atoms with Gasteiger partial charge in [-0.05, 0) is 35.4 Å². The molecule has 0 unspecified atom stereocenters. The second kappa shape index (κ2) is 6.71. The Morgan fingerprint density at radius 1 is 0.867 bits per heavy atom. The number of hydrogen-bond donors (Lipinski definition) is 0. The number of fused-ring (bicyclic) bond motifs is 3. The molecule has 30 heavy (non-hydrogen) atoms. The van der Waals surface area contributed by atoms with E-state index in [0.29, 0.717) is 6.42 Å². The maximum Gasteiger partial charge on any atom is 0.234 e. The highest BCUT2D eigenvalue weighted by Gasteiger charge is 2.16. The molecule has 0 saturated heterocycles. The van der Waals surface area contributed by atoms with Crippen molar-refractivity contribution in [2.75, 3.05) is 0 Å². The predicted molar refractivity (Wildman–Crippen MR) is 121 cm³/mol. The number of hydrogen-bond acceptors (Lipinski definition) is 5. The Morgan fingerprint density at radius 3 is 2.60 bits per heavy atom. The van der Waals surface area contributed by atoms with E-state index in [2.05, 4.69) is 69.8 Å². The molecule has 0 spiro atoms. The topological polar surface area (TPSA) is 56.0 Å². The lowest BCUT2D eigenvalue weighted by Gasteiger charge is -2.05. The molecule has 0 aliphatic rings. The average Bonchev–Trinajstić information content (AvgIpc) is 3.35. The van der Waals surface area contributed by atoms with Crippen LogP contribution < -0.4 is 0 Å². The van der Waals surface area contributed by atoms with Gasteiger partial charge in [0.05, 0.1) is 5.52 Å². The smallest absolute Gasteiger partial charge is 0.234 e. The highest BCUT2D eigenvalue weighted by atomic mass is 32.1. The van der Waals surface area contributed by atoms with Gasteiger partial charge in [0.25, 0.3) is 0 Å². The monoisotopic (exact) mass is 407 g/mol. The van der Waals surface area contributed by atoms with Crippen molar-refractivity contribution in [3.63, 3.8) is 0 Å². The number of benzene rings is 3. The van der Waals surface area contributed by atoms with E-state index in [-0.39, 0.29) is 0 Å². The standard InChI is InChI=1S/C24H17N5S/c1-15-13-20(19-11-4-5-12-21(19)25-15)23-28-29-22(26-27-24(29)30-23)14-17-9-6-8-16-7-2-3-10-18(16)17/h2-13H,14H2,1H3. The number of para-hydroxylation sites is 1. The van der Waals surface area contributed by atoms with Gasteiger partial charge >= 0.3 is 0 Å². The molecule has 0 radical (unpaired) electrons. The van der Waals surface area contributed by atoms with Crippen molar-refractivity contribution in [3.8, 4) is 10.6 Å². The van der Waals surface area contributed by atoms with E-state index in [0.717, 1.165) is 38.0 Å². The van der Waals surface area contributed by atoms with Gasteiger partial charge in [-0.1, -0.05) is 72.0 Å². The van der Waals surface area contributed by atoms with Crippen molar-refractivity contribution < 1.29 is 0 Å². The normalized spacial score (nSPS) is 11.6. The lowest BCUT2D eigenvalue weighted by atomic mass is 10.0. The lowest BCUT2D eigenvalue weighted by Crippen LogP contribution is -1.98. The molecule has 0 fully saturated rings. The Labute approximate surface area is 176 Å². The van der Waals surface area contributed by atoms with Crippen LogP contribution in [0, 0.1) is 6.92 Å². The number of aromatic nitrogens is 5. The van der Waals surface area contributed by atoms with Gasteiger partial charge in [-0.25, -0.2) is 0 Å². The highest BCUT2D eigenvalue weighted by molar-refractivity contribution is 7.19. The third kappa shape index (κ3) is 2.76. The number of nitrogens with zero attached hydrogens (tertiary/aromatic N) is 5. The molecule has 3 aromatic carbocycles. The van der Waals surface area contributed by atoms with Crippen LogP contribution in [0.25, 0.3) is 37.2 Å². The van der Waals surface area contributed by atoms with Crippen LogP contribution in [0.2, 0.25) is 0 Å². The summed E-state index contributed by atoms with van der Waals surface area (Å²) in [5, 5.41) is 18.2. The maximum absolute atomic E-state index is 4.89. The van der Waals surface area contributed by atoms with Crippen molar-refractivity contribution in [1.82, 2.24) is 24.8 Å². The van der Waals surface area contributed by atoms with Gasteiger partial charge in [0.1, 0.15) is 5.01 Å². The second-order valence-corrected chi connectivity index (χ2v) is 8.32. The summed E-state index contributed by atoms with van der Waals surface area (Å²) in [7, 11) is 0. The van der Waals surface area contributed by atoms with Crippen LogP contribution in [0.4, 0.5) is 0 Å². The van der Waals surface area contributed by atoms with Crippen molar-refractivity contribution in [2.45, 2.75) is 13.3 Å². The molecule has 0 bridgehead atoms. The predicted octanol–water partition coefficient (Wildman–Crippen LogP) is 5.45. The second-order valence-electron chi connectivity index (χ2n) is 7.36. The SMILES string of the molecule is Cc1cc(-c2nn3c(Cc4cccc5ccccc45)nnc3s2)c2ccccc2n1. The fourth-order valence-electron chi connectivity index (χ4n) is 3.98. The Kier molecular flexibility index (Phi) is 3.86. The lowest BCUT2D eigenvalue weighted by molar-refractivity contribution is 0.857. The third-order valence-corrected chi connectivity index (χ3v) is 6.29. The van der Waals surface area contributed by atoms with E-state index >= 15 is 0 Å². The molecular formula is C24H17N5S. The molecule has 0 N–H and O–H groups in total. The summed E-state index contributed by atoms with van der Waals surface area (Å²) in [5.74, 6) is 0.846. The highest BCUT2D eigenvalue weighted by Crippen LogP contribution is 2.32. The molecule has 3 heterocycles. The summed E-state index contributed by atoms with van der Waals surface area (Å²) in [6.45, 7) is 2.02. The Balaban J connectivity index is 1.47. The minimum absolute atomic E-state index is 0.682. The van der Waals surface area contributed by atoms with Crippen molar-refractivity contribution in [2.24, 2.45) is 0 Å². The molecule has 6 heteroatoms. The quantitative estimate of drug-likeness (QED) is 0.391. The first kappa shape index (κ1) is 17.2. The fourth-order valence-corrected chi connectivity index (χ4v) is 4.87. The zero-order chi connectivity index (χ0) is 20.1. The summed E-state index contributed by atoms with van der Waals surface area (Å²) in [4.78, 5) is 5.45. The van der Waals surface area contributed by atoms with E-state index in [4.69, 9.17) is 5.10 Å². The largest absolute Gasteiger partial charge is 0.253 e. The zero-order valence-electron chi connectivity index (χ0n) is 16.3. The fraction of sp³-hybridized carbons (Fsp3) is 0.0833. The van der Waals surface area contributed by atoms with E-state index in [9.17, 15) is 0 Å². The molecule has 0 atom stereocenters. The number of aryl methyl sites for hydroxylation is 1.